The predicted molar refractivity (Wildman–Crippen MR) is 89.1 cm³/mol. The van der Waals surface area contributed by atoms with E-state index in [-0.39, 0.29) is 18.3 Å². The predicted octanol–water partition coefficient (Wildman–Crippen LogP) is 5.21. The van der Waals surface area contributed by atoms with Crippen molar-refractivity contribution in [3.63, 3.8) is 0 Å². The molecule has 0 bridgehead atoms. The van der Waals surface area contributed by atoms with Gasteiger partial charge >= 0.3 is 139 Å². The van der Waals surface area contributed by atoms with E-state index in [4.69, 9.17) is 8.44 Å². The standard InChI is InChI=1S/C5H5.3C3H7O.C2H6FGe.Zr/c1-2-4-5-3-1;3*1-3(2)4;1-4(2)3;/h1-3H,4H2;3*3H,1-2H3;1-2H3;/q;3*-1;;+3. The summed E-state index contributed by atoms with van der Waals surface area (Å²) in [6.45, 7) is 11.7. The molecule has 1 rings (SSSR count). The fourth-order valence-corrected chi connectivity index (χ4v) is 48.0. The van der Waals surface area contributed by atoms with Crippen molar-refractivity contribution in [3.05, 3.63) is 21.5 Å². The zero-order chi connectivity index (χ0) is 17.2. The van der Waals surface area contributed by atoms with Gasteiger partial charge in [0.15, 0.2) is 0 Å². The van der Waals surface area contributed by atoms with Gasteiger partial charge in [0, 0.05) is 0 Å². The van der Waals surface area contributed by atoms with Crippen LogP contribution in [0, 0.1) is 0 Å². The molecule has 1 aliphatic rings. The third-order valence-electron chi connectivity index (χ3n) is 3.70. The van der Waals surface area contributed by atoms with Crippen molar-refractivity contribution in [1.29, 1.82) is 0 Å². The zero-order valence-electron chi connectivity index (χ0n) is 15.3. The average Bonchev–Trinajstić information content (AvgIpc) is 2.77. The Balaban J connectivity index is 3.65. The van der Waals surface area contributed by atoms with Gasteiger partial charge in [-0.25, -0.2) is 0 Å². The Morgan fingerprint density at radius 1 is 0.955 bits per heavy atom. The molecule has 22 heavy (non-hydrogen) atoms. The van der Waals surface area contributed by atoms with Gasteiger partial charge in [0.25, 0.3) is 0 Å². The molecule has 0 aromatic carbocycles. The molecule has 0 radical (unpaired) electrons. The molecule has 1 aliphatic carbocycles. The molecular formula is C16H32FGeO3Zr. The number of hydrogen-bond donors (Lipinski definition) is 0. The Morgan fingerprint density at radius 3 is 1.59 bits per heavy atom. The first-order valence-corrected chi connectivity index (χ1v) is 24.9. The minimum atomic E-state index is -5.14. The number of halogens is 1. The molecule has 0 amide bonds. The van der Waals surface area contributed by atoms with Crippen LogP contribution in [0.2, 0.25) is 11.5 Å². The Morgan fingerprint density at radius 2 is 1.36 bits per heavy atom. The summed E-state index contributed by atoms with van der Waals surface area (Å²) < 4.78 is 36.3. The van der Waals surface area contributed by atoms with E-state index in [2.05, 4.69) is 0 Å². The average molecular weight is 455 g/mol. The fourth-order valence-electron chi connectivity index (χ4n) is 3.16. The minimum absolute atomic E-state index is 0.134. The molecule has 0 unspecified atom stereocenters. The van der Waals surface area contributed by atoms with Crippen LogP contribution in [0.4, 0.5) is 3.50 Å². The van der Waals surface area contributed by atoms with E-state index in [1.165, 1.54) is 0 Å². The molecule has 0 spiro atoms. The third kappa shape index (κ3) is 3.85. The summed E-state index contributed by atoms with van der Waals surface area (Å²) >= 11 is -5.14. The van der Waals surface area contributed by atoms with Gasteiger partial charge in [-0.3, -0.25) is 0 Å². The van der Waals surface area contributed by atoms with Crippen molar-refractivity contribution in [2.75, 3.05) is 0 Å². The van der Waals surface area contributed by atoms with E-state index < -0.39 is 27.5 Å². The van der Waals surface area contributed by atoms with Crippen LogP contribution in [-0.4, -0.2) is 28.3 Å². The molecule has 0 fully saturated rings. The number of hydrogen-bond acceptors (Lipinski definition) is 3. The van der Waals surface area contributed by atoms with Gasteiger partial charge in [0.05, 0.1) is 0 Å². The molecule has 0 atom stereocenters. The van der Waals surface area contributed by atoms with Crippen LogP contribution >= 0.6 is 0 Å². The molecule has 0 N–H and O–H groups in total. The van der Waals surface area contributed by atoms with Crippen LogP contribution in [0.1, 0.15) is 48.0 Å². The van der Waals surface area contributed by atoms with Crippen LogP contribution in [0.3, 0.4) is 0 Å². The van der Waals surface area contributed by atoms with E-state index in [9.17, 15) is 0 Å². The Hall–Kier alpha value is 0.716. The summed E-state index contributed by atoms with van der Waals surface area (Å²) in [7, 11) is -4.00. The van der Waals surface area contributed by atoms with E-state index in [1.54, 1.807) is 11.5 Å². The summed E-state index contributed by atoms with van der Waals surface area (Å²) in [6, 6.07) is 0. The molecule has 3 nitrogen and oxygen atoms in total. The van der Waals surface area contributed by atoms with Gasteiger partial charge in [-0.1, -0.05) is 0 Å². The number of rotatable bonds is 8. The molecule has 0 saturated carbocycles. The second kappa shape index (κ2) is 7.31. The third-order valence-corrected chi connectivity index (χ3v) is 52.8. The molecule has 0 aromatic heterocycles. The van der Waals surface area contributed by atoms with Gasteiger partial charge in [-0.05, 0) is 0 Å². The van der Waals surface area contributed by atoms with Crippen LogP contribution in [0.15, 0.2) is 21.5 Å². The topological polar surface area (TPSA) is 27.7 Å². The molecule has 0 saturated heterocycles. The van der Waals surface area contributed by atoms with E-state index >= 15 is 3.50 Å². The van der Waals surface area contributed by atoms with E-state index in [1.807, 2.05) is 59.8 Å². The van der Waals surface area contributed by atoms with E-state index in [0.29, 0.717) is 6.42 Å². The summed E-state index contributed by atoms with van der Waals surface area (Å²) in [5.74, 6) is 3.47. The van der Waals surface area contributed by atoms with Crippen molar-refractivity contribution in [2.24, 2.45) is 0 Å². The van der Waals surface area contributed by atoms with Crippen LogP contribution in [-0.2, 0) is 26.0 Å². The first kappa shape index (κ1) is 20.8. The summed E-state index contributed by atoms with van der Waals surface area (Å²) in [5, 5.41) is 0. The Kier molecular flexibility index (Phi) is 6.89. The summed E-state index contributed by atoms with van der Waals surface area (Å²) in [4.78, 5) is 0. The van der Waals surface area contributed by atoms with Crippen molar-refractivity contribution in [2.45, 2.75) is 77.8 Å². The Labute approximate surface area is 138 Å². The van der Waals surface area contributed by atoms with Gasteiger partial charge in [-0.15, -0.1) is 0 Å². The maximum absolute atomic E-state index is 15.9. The van der Waals surface area contributed by atoms with Crippen molar-refractivity contribution in [1.82, 2.24) is 0 Å². The van der Waals surface area contributed by atoms with Gasteiger partial charge in [0.1, 0.15) is 0 Å². The van der Waals surface area contributed by atoms with Gasteiger partial charge in [-0.2, -0.15) is 0 Å². The monoisotopic (exact) mass is 455 g/mol. The Bertz CT molecular complexity index is 424. The maximum atomic E-state index is 15.9. The van der Waals surface area contributed by atoms with Crippen molar-refractivity contribution < 1.29 is 29.5 Å². The molecule has 6 heteroatoms. The molecule has 0 aromatic rings. The molecule has 129 valence electrons. The van der Waals surface area contributed by atoms with Crippen LogP contribution in [0.25, 0.3) is 0 Å². The molecule has 0 aliphatic heterocycles. The first-order valence-electron chi connectivity index (χ1n) is 8.19. The number of allylic oxidation sites excluding steroid dienone is 4. The quantitative estimate of drug-likeness (QED) is 0.471. The normalized spacial score (nSPS) is 18.2. The molecular weight excluding hydrogens is 423 g/mol. The first-order chi connectivity index (χ1) is 9.94. The van der Waals surface area contributed by atoms with Crippen LogP contribution < -0.4 is 0 Å². The summed E-state index contributed by atoms with van der Waals surface area (Å²) in [6.07, 6.45) is 6.25. The van der Waals surface area contributed by atoms with Gasteiger partial charge in [0.2, 0.25) is 0 Å². The van der Waals surface area contributed by atoms with Crippen LogP contribution in [0.5, 0.6) is 0 Å². The SMILES string of the molecule is CC(C)[O][Zr]([O]C(C)C)([O]C(C)C)([C]1=CC=CC1)[Ge]([CH3])([CH3])[F]. The van der Waals surface area contributed by atoms with Gasteiger partial charge < -0.3 is 0 Å². The zero-order valence-corrected chi connectivity index (χ0v) is 19.8. The summed E-state index contributed by atoms with van der Waals surface area (Å²) in [5.41, 5.74) is 0. The van der Waals surface area contributed by atoms with Crippen molar-refractivity contribution >= 4 is 9.94 Å². The van der Waals surface area contributed by atoms with E-state index in [0.717, 1.165) is 3.28 Å². The second-order valence-electron chi connectivity index (χ2n) is 7.28. The fraction of sp³-hybridized carbons (Fsp3) is 0.750. The second-order valence-corrected chi connectivity index (χ2v) is 47.5. The van der Waals surface area contributed by atoms with Crippen molar-refractivity contribution in [3.8, 4) is 0 Å². The molecule has 0 heterocycles.